The summed E-state index contributed by atoms with van der Waals surface area (Å²) in [6, 6.07) is -0.787. The van der Waals surface area contributed by atoms with Gasteiger partial charge in [-0.15, -0.1) is 0 Å². The van der Waals surface area contributed by atoms with Gasteiger partial charge in [-0.25, -0.2) is 15.1 Å². The first-order chi connectivity index (χ1) is 5.77. The molecule has 0 spiro atoms. The van der Waals surface area contributed by atoms with Crippen LogP contribution in [0.4, 0.5) is 4.79 Å². The number of hydroxylamine groups is 1. The number of hydrogen-bond donors (Lipinski definition) is 3. The SMILES string of the molecule is NC(=O)NOCOCCNC=O. The first-order valence-electron chi connectivity index (χ1n) is 3.19. The third kappa shape index (κ3) is 8.66. The Kier molecular flexibility index (Phi) is 6.90. The van der Waals surface area contributed by atoms with E-state index in [-0.39, 0.29) is 6.79 Å². The lowest BCUT2D eigenvalue weighted by Gasteiger charge is -2.03. The molecule has 7 nitrogen and oxygen atoms in total. The van der Waals surface area contributed by atoms with E-state index in [2.05, 4.69) is 15.9 Å². The summed E-state index contributed by atoms with van der Waals surface area (Å²) in [5.41, 5.74) is 6.53. The quantitative estimate of drug-likeness (QED) is 0.187. The van der Waals surface area contributed by atoms with Crippen LogP contribution in [0.1, 0.15) is 0 Å². The van der Waals surface area contributed by atoms with E-state index >= 15 is 0 Å². The number of rotatable bonds is 7. The molecule has 0 saturated carbocycles. The smallest absolute Gasteiger partial charge is 0.336 e. The van der Waals surface area contributed by atoms with E-state index in [1.165, 1.54) is 0 Å². The summed E-state index contributed by atoms with van der Waals surface area (Å²) in [6.45, 7) is 0.589. The second-order valence-electron chi connectivity index (χ2n) is 1.71. The van der Waals surface area contributed by atoms with Crippen LogP contribution in [0.3, 0.4) is 0 Å². The Morgan fingerprint density at radius 2 is 2.33 bits per heavy atom. The topological polar surface area (TPSA) is 103 Å². The van der Waals surface area contributed by atoms with Gasteiger partial charge in [0, 0.05) is 6.54 Å². The van der Waals surface area contributed by atoms with E-state index in [4.69, 9.17) is 4.74 Å². The van der Waals surface area contributed by atoms with Crippen LogP contribution in [0, 0.1) is 0 Å². The summed E-state index contributed by atoms with van der Waals surface area (Å²) in [5.74, 6) is 0. The molecule has 0 bridgehead atoms. The molecule has 0 unspecified atom stereocenters. The monoisotopic (exact) mass is 177 g/mol. The van der Waals surface area contributed by atoms with Crippen molar-refractivity contribution in [2.75, 3.05) is 19.9 Å². The molecule has 0 aliphatic heterocycles. The number of amides is 3. The molecule has 0 aromatic rings. The van der Waals surface area contributed by atoms with Crippen LogP contribution in [-0.4, -0.2) is 32.4 Å². The fourth-order valence-corrected chi connectivity index (χ4v) is 0.391. The molecular formula is C5H11N3O4. The molecule has 0 radical (unpaired) electrons. The summed E-state index contributed by atoms with van der Waals surface area (Å²) >= 11 is 0. The van der Waals surface area contributed by atoms with Gasteiger partial charge in [-0.2, -0.15) is 0 Å². The number of nitrogens with one attached hydrogen (secondary N) is 2. The van der Waals surface area contributed by atoms with Gasteiger partial charge in [-0.05, 0) is 0 Å². The fraction of sp³-hybridized carbons (Fsp3) is 0.600. The summed E-state index contributed by atoms with van der Waals surface area (Å²) in [4.78, 5) is 24.1. The Balaban J connectivity index is 2.90. The van der Waals surface area contributed by atoms with E-state index in [0.29, 0.717) is 19.6 Å². The van der Waals surface area contributed by atoms with Gasteiger partial charge in [0.2, 0.25) is 6.41 Å². The predicted octanol–water partition coefficient (Wildman–Crippen LogP) is -1.69. The summed E-state index contributed by atoms with van der Waals surface area (Å²) < 4.78 is 4.77. The van der Waals surface area contributed by atoms with Crippen molar-refractivity contribution in [3.63, 3.8) is 0 Å². The minimum Gasteiger partial charge on any atom is -0.356 e. The largest absolute Gasteiger partial charge is 0.356 e. The summed E-state index contributed by atoms with van der Waals surface area (Å²) in [7, 11) is 0. The maximum atomic E-state index is 10.0. The highest BCUT2D eigenvalue weighted by molar-refractivity contribution is 5.70. The van der Waals surface area contributed by atoms with Crippen LogP contribution in [0.2, 0.25) is 0 Å². The van der Waals surface area contributed by atoms with Crippen LogP contribution < -0.4 is 16.5 Å². The van der Waals surface area contributed by atoms with E-state index in [0.717, 1.165) is 0 Å². The van der Waals surface area contributed by atoms with E-state index in [9.17, 15) is 9.59 Å². The number of carbonyl (C=O) groups excluding carboxylic acids is 2. The predicted molar refractivity (Wildman–Crippen MR) is 38.7 cm³/mol. The van der Waals surface area contributed by atoms with Gasteiger partial charge in [-0.3, -0.25) is 4.79 Å². The van der Waals surface area contributed by atoms with Crippen LogP contribution in [0.5, 0.6) is 0 Å². The zero-order chi connectivity index (χ0) is 9.23. The van der Waals surface area contributed by atoms with E-state index in [1.54, 1.807) is 0 Å². The first kappa shape index (κ1) is 10.7. The number of nitrogens with two attached hydrogens (primary N) is 1. The molecule has 0 aromatic heterocycles. The van der Waals surface area contributed by atoms with Crippen LogP contribution in [0.15, 0.2) is 0 Å². The Bertz CT molecular complexity index is 141. The zero-order valence-corrected chi connectivity index (χ0v) is 6.41. The van der Waals surface area contributed by atoms with Crippen LogP contribution >= 0.6 is 0 Å². The van der Waals surface area contributed by atoms with Crippen molar-refractivity contribution >= 4 is 12.4 Å². The molecule has 12 heavy (non-hydrogen) atoms. The third-order valence-electron chi connectivity index (χ3n) is 0.789. The Hall–Kier alpha value is -1.34. The summed E-state index contributed by atoms with van der Waals surface area (Å²) in [6.07, 6.45) is 0.561. The average molecular weight is 177 g/mol. The average Bonchev–Trinajstić information content (AvgIpc) is 2.02. The molecular weight excluding hydrogens is 166 g/mol. The molecule has 4 N–H and O–H groups in total. The maximum absolute atomic E-state index is 10.0. The Labute approximate surface area is 69.1 Å². The second-order valence-corrected chi connectivity index (χ2v) is 1.71. The number of ether oxygens (including phenoxy) is 1. The number of primary amides is 1. The van der Waals surface area contributed by atoms with Crippen molar-refractivity contribution in [3.05, 3.63) is 0 Å². The normalized spacial score (nSPS) is 9.00. The van der Waals surface area contributed by atoms with Crippen molar-refractivity contribution in [1.82, 2.24) is 10.8 Å². The lowest BCUT2D eigenvalue weighted by atomic mass is 10.7. The van der Waals surface area contributed by atoms with Crippen molar-refractivity contribution in [3.8, 4) is 0 Å². The lowest BCUT2D eigenvalue weighted by Crippen LogP contribution is -2.30. The molecule has 0 aromatic carbocycles. The molecule has 7 heteroatoms. The highest BCUT2D eigenvalue weighted by Crippen LogP contribution is 1.72. The summed E-state index contributed by atoms with van der Waals surface area (Å²) in [5, 5.41) is 2.37. The zero-order valence-electron chi connectivity index (χ0n) is 6.41. The van der Waals surface area contributed by atoms with Gasteiger partial charge in [0.15, 0.2) is 6.79 Å². The molecule has 0 aliphatic rings. The van der Waals surface area contributed by atoms with Gasteiger partial charge in [-0.1, -0.05) is 0 Å². The lowest BCUT2D eigenvalue weighted by molar-refractivity contribution is -0.110. The minimum atomic E-state index is -0.787. The second kappa shape index (κ2) is 7.76. The Morgan fingerprint density at radius 3 is 2.92 bits per heavy atom. The van der Waals surface area contributed by atoms with Gasteiger partial charge in [0.05, 0.1) is 6.61 Å². The van der Waals surface area contributed by atoms with Crippen LogP contribution in [-0.2, 0) is 14.4 Å². The van der Waals surface area contributed by atoms with Crippen molar-refractivity contribution in [2.45, 2.75) is 0 Å². The minimum absolute atomic E-state index is 0.108. The highest BCUT2D eigenvalue weighted by atomic mass is 16.8. The van der Waals surface area contributed by atoms with Gasteiger partial charge in [0.1, 0.15) is 0 Å². The molecule has 0 heterocycles. The number of hydrogen-bond acceptors (Lipinski definition) is 4. The fourth-order valence-electron chi connectivity index (χ4n) is 0.391. The van der Waals surface area contributed by atoms with Gasteiger partial charge in [0.25, 0.3) is 0 Å². The highest BCUT2D eigenvalue weighted by Gasteiger charge is 1.90. The molecule has 0 aliphatic carbocycles. The maximum Gasteiger partial charge on any atom is 0.336 e. The van der Waals surface area contributed by atoms with Gasteiger partial charge >= 0.3 is 6.03 Å². The molecule has 0 atom stereocenters. The van der Waals surface area contributed by atoms with Crippen molar-refractivity contribution in [2.24, 2.45) is 5.73 Å². The number of carbonyl (C=O) groups is 2. The van der Waals surface area contributed by atoms with Crippen molar-refractivity contribution < 1.29 is 19.2 Å². The standard InChI is InChI=1S/C5H11N3O4/c6-5(10)8-12-4-11-2-1-7-3-9/h3H,1-2,4H2,(H,7,9)(H3,6,8,10). The van der Waals surface area contributed by atoms with E-state index in [1.807, 2.05) is 5.48 Å². The third-order valence-corrected chi connectivity index (χ3v) is 0.789. The molecule has 0 rings (SSSR count). The van der Waals surface area contributed by atoms with Crippen LogP contribution in [0.25, 0.3) is 0 Å². The van der Waals surface area contributed by atoms with Gasteiger partial charge < -0.3 is 15.8 Å². The Morgan fingerprint density at radius 1 is 1.58 bits per heavy atom. The molecule has 0 saturated heterocycles. The molecule has 70 valence electrons. The van der Waals surface area contributed by atoms with E-state index < -0.39 is 6.03 Å². The first-order valence-corrected chi connectivity index (χ1v) is 3.19. The molecule has 3 amide bonds. The number of urea groups is 1. The van der Waals surface area contributed by atoms with Crippen molar-refractivity contribution in [1.29, 1.82) is 0 Å². The molecule has 0 fully saturated rings.